The number of aryl methyl sites for hydroxylation is 1. The summed E-state index contributed by atoms with van der Waals surface area (Å²) in [7, 11) is 0. The number of rotatable bonds is 5. The van der Waals surface area contributed by atoms with Crippen LogP contribution in [0.25, 0.3) is 0 Å². The van der Waals surface area contributed by atoms with E-state index in [1.807, 2.05) is 12.1 Å². The first-order chi connectivity index (χ1) is 11.6. The Morgan fingerprint density at radius 1 is 1.12 bits per heavy atom. The number of ketones is 2. The predicted molar refractivity (Wildman–Crippen MR) is 95.4 cm³/mol. The summed E-state index contributed by atoms with van der Waals surface area (Å²) < 4.78 is 0. The van der Waals surface area contributed by atoms with E-state index in [0.717, 1.165) is 48.8 Å². The average Bonchev–Trinajstić information content (AvgIpc) is 3.10. The second-order valence-corrected chi connectivity index (χ2v) is 8.54. The molecular formula is C22H28O2. The molecule has 0 heterocycles. The molecule has 128 valence electrons. The average molecular weight is 324 g/mol. The third-order valence-electron chi connectivity index (χ3n) is 6.98. The fourth-order valence-electron chi connectivity index (χ4n) is 5.84. The highest BCUT2D eigenvalue weighted by Gasteiger charge is 2.62. The number of benzene rings is 1. The lowest BCUT2D eigenvalue weighted by atomic mass is 9.62. The van der Waals surface area contributed by atoms with Crippen LogP contribution in [0, 0.1) is 23.2 Å². The molecular weight excluding hydrogens is 296 g/mol. The van der Waals surface area contributed by atoms with Crippen LogP contribution in [0.2, 0.25) is 0 Å². The smallest absolute Gasteiger partial charge is 0.167 e. The first-order valence-corrected chi connectivity index (χ1v) is 9.77. The van der Waals surface area contributed by atoms with Gasteiger partial charge in [-0.05, 0) is 49.0 Å². The molecule has 0 spiro atoms. The second-order valence-electron chi connectivity index (χ2n) is 8.54. The van der Waals surface area contributed by atoms with Crippen LogP contribution in [0.15, 0.2) is 18.2 Å². The van der Waals surface area contributed by atoms with E-state index in [1.54, 1.807) is 0 Å². The summed E-state index contributed by atoms with van der Waals surface area (Å²) >= 11 is 0. The normalized spacial score (nSPS) is 33.7. The number of hydrogen-bond acceptors (Lipinski definition) is 2. The van der Waals surface area contributed by atoms with Gasteiger partial charge in [0.05, 0.1) is 0 Å². The first-order valence-electron chi connectivity index (χ1n) is 9.77. The molecule has 4 unspecified atom stereocenters. The molecule has 4 rings (SSSR count). The summed E-state index contributed by atoms with van der Waals surface area (Å²) in [4.78, 5) is 26.5. The van der Waals surface area contributed by atoms with E-state index in [2.05, 4.69) is 19.9 Å². The third-order valence-corrected chi connectivity index (χ3v) is 6.98. The SMILES string of the molecule is CCCCCCc1cccc2c1C(=O)C1C3CCC(C)(C3)C1C2=O. The Morgan fingerprint density at radius 3 is 2.75 bits per heavy atom. The van der Waals surface area contributed by atoms with Crippen LogP contribution in [0.5, 0.6) is 0 Å². The lowest BCUT2D eigenvalue weighted by molar-refractivity contribution is 0.0572. The molecule has 0 saturated heterocycles. The van der Waals surface area contributed by atoms with E-state index in [-0.39, 0.29) is 28.8 Å². The Kier molecular flexibility index (Phi) is 3.89. The number of unbranched alkanes of at least 4 members (excludes halogenated alkanes) is 3. The molecule has 1 aromatic carbocycles. The monoisotopic (exact) mass is 324 g/mol. The van der Waals surface area contributed by atoms with Crippen molar-refractivity contribution >= 4 is 11.6 Å². The van der Waals surface area contributed by atoms with Crippen molar-refractivity contribution in [2.45, 2.75) is 65.2 Å². The van der Waals surface area contributed by atoms with Crippen LogP contribution in [0.4, 0.5) is 0 Å². The maximum Gasteiger partial charge on any atom is 0.167 e. The van der Waals surface area contributed by atoms with E-state index in [9.17, 15) is 9.59 Å². The van der Waals surface area contributed by atoms with Crippen molar-refractivity contribution in [1.82, 2.24) is 0 Å². The van der Waals surface area contributed by atoms with Gasteiger partial charge >= 0.3 is 0 Å². The third kappa shape index (κ3) is 2.22. The lowest BCUT2D eigenvalue weighted by Gasteiger charge is -2.39. The van der Waals surface area contributed by atoms with Gasteiger partial charge in [0, 0.05) is 23.0 Å². The van der Waals surface area contributed by atoms with Gasteiger partial charge in [-0.3, -0.25) is 9.59 Å². The molecule has 1 aromatic rings. The molecule has 0 N–H and O–H groups in total. The Bertz CT molecular complexity index is 689. The highest BCUT2D eigenvalue weighted by Crippen LogP contribution is 2.63. The molecule has 3 aliphatic carbocycles. The molecule has 2 heteroatoms. The van der Waals surface area contributed by atoms with Gasteiger partial charge in [-0.2, -0.15) is 0 Å². The van der Waals surface area contributed by atoms with Crippen molar-refractivity contribution in [3.63, 3.8) is 0 Å². The van der Waals surface area contributed by atoms with Crippen LogP contribution in [0.3, 0.4) is 0 Å². The highest BCUT2D eigenvalue weighted by molar-refractivity contribution is 6.17. The molecule has 2 saturated carbocycles. The summed E-state index contributed by atoms with van der Waals surface area (Å²) in [5, 5.41) is 0. The van der Waals surface area contributed by atoms with Crippen LogP contribution in [0.1, 0.15) is 85.1 Å². The molecule has 24 heavy (non-hydrogen) atoms. The molecule has 2 nitrogen and oxygen atoms in total. The molecule has 0 amide bonds. The lowest BCUT2D eigenvalue weighted by Crippen LogP contribution is -2.44. The molecule has 3 aliphatic rings. The zero-order chi connectivity index (χ0) is 16.9. The quantitative estimate of drug-likeness (QED) is 0.694. The summed E-state index contributed by atoms with van der Waals surface area (Å²) in [6, 6.07) is 5.96. The number of Topliss-reactive ketones (excluding diaryl/α,β-unsaturated/α-hetero) is 2. The van der Waals surface area contributed by atoms with Crippen molar-refractivity contribution < 1.29 is 9.59 Å². The van der Waals surface area contributed by atoms with E-state index < -0.39 is 0 Å². The Hall–Kier alpha value is -1.44. The van der Waals surface area contributed by atoms with Gasteiger partial charge in [-0.15, -0.1) is 0 Å². The fourth-order valence-corrected chi connectivity index (χ4v) is 5.84. The molecule has 4 atom stereocenters. The van der Waals surface area contributed by atoms with Gasteiger partial charge in [-0.1, -0.05) is 51.3 Å². The van der Waals surface area contributed by atoms with E-state index in [1.165, 1.54) is 19.3 Å². The standard InChI is InChI=1S/C22H28O2/c1-3-4-5-6-8-14-9-7-10-16-17(14)21(24)18-15-11-12-22(2,13-15)19(18)20(16)23/h7,9-10,15,18-19H,3-6,8,11-13H2,1-2H3. The largest absolute Gasteiger partial charge is 0.294 e. The molecule has 0 aliphatic heterocycles. The van der Waals surface area contributed by atoms with Gasteiger partial charge in [0.15, 0.2) is 11.6 Å². The van der Waals surface area contributed by atoms with E-state index in [4.69, 9.17) is 0 Å². The Balaban J connectivity index is 1.69. The van der Waals surface area contributed by atoms with Crippen LogP contribution in [-0.4, -0.2) is 11.6 Å². The Labute approximate surface area is 145 Å². The first kappa shape index (κ1) is 16.1. The van der Waals surface area contributed by atoms with Crippen molar-refractivity contribution in [2.75, 3.05) is 0 Å². The molecule has 2 bridgehead atoms. The zero-order valence-electron chi connectivity index (χ0n) is 14.9. The van der Waals surface area contributed by atoms with Gasteiger partial charge in [0.25, 0.3) is 0 Å². The molecule has 2 fully saturated rings. The topological polar surface area (TPSA) is 34.1 Å². The summed E-state index contributed by atoms with van der Waals surface area (Å²) in [5.74, 6) is 0.911. The summed E-state index contributed by atoms with van der Waals surface area (Å²) in [6.07, 6.45) is 9.02. The van der Waals surface area contributed by atoms with Crippen LogP contribution in [-0.2, 0) is 6.42 Å². The van der Waals surface area contributed by atoms with Crippen LogP contribution >= 0.6 is 0 Å². The summed E-state index contributed by atoms with van der Waals surface area (Å²) in [6.45, 7) is 4.45. The maximum absolute atomic E-state index is 13.3. The number of carbonyl (C=O) groups excluding carboxylic acids is 2. The van der Waals surface area contributed by atoms with Gasteiger partial charge in [0.2, 0.25) is 0 Å². The zero-order valence-corrected chi connectivity index (χ0v) is 14.9. The number of carbonyl (C=O) groups is 2. The summed E-state index contributed by atoms with van der Waals surface area (Å²) in [5.41, 5.74) is 2.70. The number of hydrogen-bond donors (Lipinski definition) is 0. The van der Waals surface area contributed by atoms with Crippen molar-refractivity contribution in [2.24, 2.45) is 23.2 Å². The number of fused-ring (bicyclic) bond motifs is 6. The Morgan fingerprint density at radius 2 is 1.96 bits per heavy atom. The maximum atomic E-state index is 13.3. The van der Waals surface area contributed by atoms with Crippen molar-refractivity contribution in [3.8, 4) is 0 Å². The van der Waals surface area contributed by atoms with E-state index >= 15 is 0 Å². The van der Waals surface area contributed by atoms with Crippen molar-refractivity contribution in [1.29, 1.82) is 0 Å². The minimum Gasteiger partial charge on any atom is -0.294 e. The van der Waals surface area contributed by atoms with Crippen molar-refractivity contribution in [3.05, 3.63) is 34.9 Å². The molecule has 0 radical (unpaired) electrons. The van der Waals surface area contributed by atoms with Crippen LogP contribution < -0.4 is 0 Å². The van der Waals surface area contributed by atoms with Gasteiger partial charge in [0.1, 0.15) is 0 Å². The minimum atomic E-state index is -0.0495. The molecule has 0 aromatic heterocycles. The minimum absolute atomic E-state index is 0.0273. The van der Waals surface area contributed by atoms with Gasteiger partial charge in [-0.25, -0.2) is 0 Å². The fraction of sp³-hybridized carbons (Fsp3) is 0.636. The highest BCUT2D eigenvalue weighted by atomic mass is 16.1. The predicted octanol–water partition coefficient (Wildman–Crippen LogP) is 5.24. The van der Waals surface area contributed by atoms with Gasteiger partial charge < -0.3 is 0 Å². The van der Waals surface area contributed by atoms with E-state index in [0.29, 0.717) is 5.92 Å². The second kappa shape index (κ2) is 5.82.